The first-order chi connectivity index (χ1) is 11.7. The van der Waals surface area contributed by atoms with Gasteiger partial charge >= 0.3 is 5.97 Å². The van der Waals surface area contributed by atoms with E-state index >= 15 is 0 Å². The van der Waals surface area contributed by atoms with Gasteiger partial charge in [-0.05, 0) is 37.8 Å². The van der Waals surface area contributed by atoms with E-state index in [1.54, 1.807) is 19.2 Å². The second-order valence-electron chi connectivity index (χ2n) is 6.24. The zero-order valence-corrected chi connectivity index (χ0v) is 13.9. The number of benzene rings is 1. The summed E-state index contributed by atoms with van der Waals surface area (Å²) in [6, 6.07) is 3.44. The van der Waals surface area contributed by atoms with Gasteiger partial charge in [-0.1, -0.05) is 6.92 Å². The lowest BCUT2D eigenvalue weighted by atomic mass is 9.87. The van der Waals surface area contributed by atoms with E-state index in [0.717, 1.165) is 31.2 Å². The van der Waals surface area contributed by atoms with Crippen LogP contribution in [0.2, 0.25) is 0 Å². The van der Waals surface area contributed by atoms with Gasteiger partial charge in [-0.25, -0.2) is 4.79 Å². The molecule has 1 unspecified atom stereocenters. The van der Waals surface area contributed by atoms with Crippen LogP contribution in [0.25, 0.3) is 0 Å². The minimum atomic E-state index is -0.534. The first-order valence-electron chi connectivity index (χ1n) is 8.29. The number of rotatable bonds is 6. The van der Waals surface area contributed by atoms with Crippen LogP contribution in [0, 0.1) is 0 Å². The van der Waals surface area contributed by atoms with Gasteiger partial charge in [-0.15, -0.1) is 0 Å². The van der Waals surface area contributed by atoms with Crippen LogP contribution in [0.3, 0.4) is 0 Å². The Balaban J connectivity index is 1.99. The summed E-state index contributed by atoms with van der Waals surface area (Å²) in [5.41, 5.74) is 1.26. The highest BCUT2D eigenvalue weighted by atomic mass is 16.6. The summed E-state index contributed by atoms with van der Waals surface area (Å²) in [7, 11) is 1.59. The van der Waals surface area contributed by atoms with Crippen molar-refractivity contribution in [2.45, 2.75) is 50.7 Å². The fraction of sp³-hybridized carbons (Fsp3) is 0.556. The molecule has 1 heterocycles. The van der Waals surface area contributed by atoms with E-state index in [1.807, 2.05) is 6.92 Å². The predicted octanol–water partition coefficient (Wildman–Crippen LogP) is 2.83. The normalized spacial score (nSPS) is 23.3. The molecule has 6 heteroatoms. The molecule has 24 heavy (non-hydrogen) atoms. The predicted molar refractivity (Wildman–Crippen MR) is 85.5 cm³/mol. The molecule has 0 radical (unpaired) electrons. The lowest BCUT2D eigenvalue weighted by Gasteiger charge is -2.32. The Labute approximate surface area is 141 Å². The molecule has 2 aliphatic rings. The van der Waals surface area contributed by atoms with E-state index in [4.69, 9.17) is 18.9 Å². The van der Waals surface area contributed by atoms with Gasteiger partial charge < -0.3 is 18.9 Å². The topological polar surface area (TPSA) is 71.1 Å². The van der Waals surface area contributed by atoms with Crippen molar-refractivity contribution in [3.05, 3.63) is 23.3 Å². The fourth-order valence-corrected chi connectivity index (χ4v) is 3.47. The smallest absolute Gasteiger partial charge is 0.338 e. The molecule has 1 aliphatic heterocycles. The summed E-state index contributed by atoms with van der Waals surface area (Å²) in [6.07, 6.45) is 3.91. The van der Waals surface area contributed by atoms with Gasteiger partial charge in [-0.3, -0.25) is 4.79 Å². The van der Waals surface area contributed by atoms with Crippen molar-refractivity contribution < 1.29 is 28.5 Å². The summed E-state index contributed by atoms with van der Waals surface area (Å²) in [4.78, 5) is 22.8. The molecule has 0 spiro atoms. The summed E-state index contributed by atoms with van der Waals surface area (Å²) in [6.45, 7) is 2.32. The molecule has 0 bridgehead atoms. The molecule has 6 nitrogen and oxygen atoms in total. The van der Waals surface area contributed by atoms with Crippen molar-refractivity contribution in [1.29, 1.82) is 0 Å². The second kappa shape index (κ2) is 7.11. The average molecular weight is 334 g/mol. The van der Waals surface area contributed by atoms with Crippen molar-refractivity contribution in [2.24, 2.45) is 0 Å². The average Bonchev–Trinajstić information content (AvgIpc) is 3.09. The zero-order chi connectivity index (χ0) is 17.1. The van der Waals surface area contributed by atoms with E-state index in [0.29, 0.717) is 23.5 Å². The fourth-order valence-electron chi connectivity index (χ4n) is 3.47. The quantitative estimate of drug-likeness (QED) is 0.588. The molecule has 1 aromatic rings. The number of hydrogen-bond acceptors (Lipinski definition) is 6. The number of carbonyl (C=O) groups excluding carboxylic acids is 2. The minimum absolute atomic E-state index is 0.0237. The van der Waals surface area contributed by atoms with Crippen LogP contribution in [0.4, 0.5) is 0 Å². The van der Waals surface area contributed by atoms with Crippen LogP contribution in [0.1, 0.15) is 54.4 Å². The van der Waals surface area contributed by atoms with Crippen LogP contribution < -0.4 is 9.47 Å². The Morgan fingerprint density at radius 3 is 2.71 bits per heavy atom. The van der Waals surface area contributed by atoms with Gasteiger partial charge in [0.15, 0.2) is 11.5 Å². The number of ether oxygens (including phenoxy) is 4. The molecule has 0 saturated heterocycles. The van der Waals surface area contributed by atoms with Crippen molar-refractivity contribution in [1.82, 2.24) is 0 Å². The Morgan fingerprint density at radius 2 is 2.04 bits per heavy atom. The molecule has 1 saturated carbocycles. The Kier molecular flexibility index (Phi) is 4.92. The maximum Gasteiger partial charge on any atom is 0.338 e. The van der Waals surface area contributed by atoms with Gasteiger partial charge in [-0.2, -0.15) is 0 Å². The Morgan fingerprint density at radius 1 is 1.29 bits per heavy atom. The van der Waals surface area contributed by atoms with Crippen molar-refractivity contribution in [2.75, 3.05) is 13.7 Å². The van der Waals surface area contributed by atoms with E-state index in [2.05, 4.69) is 0 Å². The third-order valence-electron chi connectivity index (χ3n) is 4.79. The number of esters is 1. The highest BCUT2D eigenvalue weighted by Gasteiger charge is 2.37. The molecular weight excluding hydrogens is 312 g/mol. The number of methoxy groups -OCH3 is 1. The zero-order valence-electron chi connectivity index (χ0n) is 13.9. The molecule has 1 aliphatic carbocycles. The summed E-state index contributed by atoms with van der Waals surface area (Å²) in [5.74, 6) is 0.630. The summed E-state index contributed by atoms with van der Waals surface area (Å²) in [5, 5.41) is 0. The van der Waals surface area contributed by atoms with E-state index in [9.17, 15) is 9.59 Å². The largest absolute Gasteiger partial charge is 0.493 e. The minimum Gasteiger partial charge on any atom is -0.493 e. The van der Waals surface area contributed by atoms with E-state index in [1.165, 1.54) is 0 Å². The van der Waals surface area contributed by atoms with Crippen LogP contribution >= 0.6 is 0 Å². The number of carbonyl (C=O) groups is 2. The van der Waals surface area contributed by atoms with Crippen LogP contribution in [0.5, 0.6) is 11.5 Å². The van der Waals surface area contributed by atoms with Gasteiger partial charge in [0, 0.05) is 11.5 Å². The number of cyclic esters (lactones) is 1. The monoisotopic (exact) mass is 334 g/mol. The number of hydrogen-bond donors (Lipinski definition) is 0. The second-order valence-corrected chi connectivity index (χ2v) is 6.24. The molecule has 0 N–H and O–H groups in total. The summed E-state index contributed by atoms with van der Waals surface area (Å²) >= 11 is 0. The molecule has 0 amide bonds. The SMILES string of the molecule is COc1ccc2c(c1OC1CCCC1)C(C)[C@@H](COC=O)OC2=O. The molecule has 1 aromatic carbocycles. The van der Waals surface area contributed by atoms with E-state index in [-0.39, 0.29) is 18.6 Å². The van der Waals surface area contributed by atoms with Crippen LogP contribution in [-0.2, 0) is 14.3 Å². The third-order valence-corrected chi connectivity index (χ3v) is 4.79. The maximum atomic E-state index is 12.3. The van der Waals surface area contributed by atoms with Gasteiger partial charge in [0.25, 0.3) is 6.47 Å². The first-order valence-corrected chi connectivity index (χ1v) is 8.29. The van der Waals surface area contributed by atoms with Crippen LogP contribution in [-0.4, -0.2) is 38.4 Å². The highest BCUT2D eigenvalue weighted by Crippen LogP contribution is 2.44. The Hall–Kier alpha value is -2.24. The van der Waals surface area contributed by atoms with Gasteiger partial charge in [0.1, 0.15) is 12.7 Å². The van der Waals surface area contributed by atoms with Gasteiger partial charge in [0.05, 0.1) is 18.8 Å². The van der Waals surface area contributed by atoms with Crippen molar-refractivity contribution in [3.8, 4) is 11.5 Å². The molecule has 1 fully saturated rings. The summed E-state index contributed by atoms with van der Waals surface area (Å²) < 4.78 is 21.9. The maximum absolute atomic E-state index is 12.3. The molecule has 2 atom stereocenters. The van der Waals surface area contributed by atoms with E-state index < -0.39 is 12.1 Å². The van der Waals surface area contributed by atoms with Crippen LogP contribution in [0.15, 0.2) is 12.1 Å². The molecular formula is C18H22O6. The van der Waals surface area contributed by atoms with Gasteiger partial charge in [0.2, 0.25) is 0 Å². The third kappa shape index (κ3) is 3.05. The molecule has 0 aromatic heterocycles. The lowest BCUT2D eigenvalue weighted by molar-refractivity contribution is -0.132. The first kappa shape index (κ1) is 16.6. The molecule has 3 rings (SSSR count). The standard InChI is InChI=1S/C18H22O6/c1-11-15(9-22-10-19)24-18(20)13-7-8-14(21-2)17(16(11)13)23-12-5-3-4-6-12/h7-8,10-12,15H,3-6,9H2,1-2H3/t11?,15-/m1/s1. The van der Waals surface area contributed by atoms with Crippen molar-refractivity contribution >= 4 is 12.4 Å². The molecule has 130 valence electrons. The van der Waals surface area contributed by atoms with Crippen molar-refractivity contribution in [3.63, 3.8) is 0 Å². The lowest BCUT2D eigenvalue weighted by Crippen LogP contribution is -2.35. The highest BCUT2D eigenvalue weighted by molar-refractivity contribution is 5.94. The number of fused-ring (bicyclic) bond motifs is 1. The Bertz CT molecular complexity index is 620.